The Bertz CT molecular complexity index is 25.3. The van der Waals surface area contributed by atoms with Crippen LogP contribution in [0.5, 0.6) is 0 Å². The van der Waals surface area contributed by atoms with Crippen LogP contribution in [0.4, 0.5) is 0 Å². The third kappa shape index (κ3) is 5.92. The van der Waals surface area contributed by atoms with Gasteiger partial charge in [-0.05, 0) is 6.42 Å². The van der Waals surface area contributed by atoms with Crippen LogP contribution in [0.15, 0.2) is 0 Å². The molecule has 0 unspecified atom stereocenters. The summed E-state index contributed by atoms with van der Waals surface area (Å²) in [6.07, 6.45) is 2.23. The summed E-state index contributed by atoms with van der Waals surface area (Å²) in [5.41, 5.74) is 0. The van der Waals surface area contributed by atoms with Gasteiger partial charge >= 0.3 is 0 Å². The highest BCUT2D eigenvalue weighted by atomic mass is 17.2. The Labute approximate surface area is 44.4 Å². The maximum absolute atomic E-state index is 4.57. The van der Waals surface area contributed by atoms with Crippen LogP contribution < -0.4 is 0 Å². The molecule has 0 rings (SSSR count). The highest BCUT2D eigenvalue weighted by Gasteiger charge is 1.79. The molecule has 0 atom stereocenters. The molecule has 2 heteroatoms. The zero-order valence-corrected chi connectivity index (χ0v) is 4.94. The van der Waals surface area contributed by atoms with Crippen LogP contribution in [0.1, 0.15) is 19.8 Å². The first-order valence-electron chi connectivity index (χ1n) is 2.57. The summed E-state index contributed by atoms with van der Waals surface area (Å²) in [6.45, 7) is 2.83. The molecular weight excluding hydrogens is 92.1 g/mol. The van der Waals surface area contributed by atoms with Gasteiger partial charge in [-0.2, -0.15) is 0 Å². The highest BCUT2D eigenvalue weighted by molar-refractivity contribution is 4.25. The Morgan fingerprint density at radius 2 is 2.14 bits per heavy atom. The normalized spacial score (nSPS) is 9.43. The molecular formula is C5H12O2. The van der Waals surface area contributed by atoms with E-state index in [0.29, 0.717) is 6.61 Å². The third-order valence-electron chi connectivity index (χ3n) is 0.699. The van der Waals surface area contributed by atoms with Crippen molar-refractivity contribution in [2.75, 3.05) is 13.7 Å². The van der Waals surface area contributed by atoms with Gasteiger partial charge in [0.25, 0.3) is 0 Å². The summed E-state index contributed by atoms with van der Waals surface area (Å²) in [6, 6.07) is 0. The Hall–Kier alpha value is -0.0800. The van der Waals surface area contributed by atoms with Gasteiger partial charge in [-0.3, -0.25) is 0 Å². The molecule has 0 saturated heterocycles. The smallest absolute Gasteiger partial charge is 0.0822 e. The van der Waals surface area contributed by atoms with Crippen molar-refractivity contribution in [3.63, 3.8) is 0 Å². The minimum atomic E-state index is 0.715. The molecule has 0 aliphatic heterocycles. The standard InChI is InChI=1S/C5H12O2/c1-3-4-5-7-6-2/h3-5H2,1-2H3. The van der Waals surface area contributed by atoms with Crippen molar-refractivity contribution in [3.8, 4) is 0 Å². The van der Waals surface area contributed by atoms with E-state index in [2.05, 4.69) is 16.7 Å². The Morgan fingerprint density at radius 1 is 1.43 bits per heavy atom. The molecule has 0 aromatic heterocycles. The minimum Gasteiger partial charge on any atom is -0.240 e. The Kier molecular flexibility index (Phi) is 5.85. The van der Waals surface area contributed by atoms with Gasteiger partial charge < -0.3 is 0 Å². The van der Waals surface area contributed by atoms with Crippen LogP contribution in [0.3, 0.4) is 0 Å². The first-order chi connectivity index (χ1) is 3.41. The maximum atomic E-state index is 4.57. The molecule has 0 aromatic rings. The number of unbranched alkanes of at least 4 members (excludes halogenated alkanes) is 1. The van der Waals surface area contributed by atoms with Crippen molar-refractivity contribution >= 4 is 0 Å². The van der Waals surface area contributed by atoms with Crippen molar-refractivity contribution in [2.24, 2.45) is 0 Å². The van der Waals surface area contributed by atoms with Gasteiger partial charge in [0, 0.05) is 0 Å². The van der Waals surface area contributed by atoms with Gasteiger partial charge in [-0.25, -0.2) is 9.78 Å². The van der Waals surface area contributed by atoms with Crippen molar-refractivity contribution in [1.29, 1.82) is 0 Å². The lowest BCUT2D eigenvalue weighted by molar-refractivity contribution is -0.272. The Morgan fingerprint density at radius 3 is 2.57 bits per heavy atom. The van der Waals surface area contributed by atoms with Gasteiger partial charge in [-0.15, -0.1) is 0 Å². The molecule has 0 amide bonds. The van der Waals surface area contributed by atoms with Gasteiger partial charge in [0.1, 0.15) is 0 Å². The van der Waals surface area contributed by atoms with Crippen molar-refractivity contribution in [2.45, 2.75) is 19.8 Å². The largest absolute Gasteiger partial charge is 0.240 e. The lowest BCUT2D eigenvalue weighted by Crippen LogP contribution is -1.90. The summed E-state index contributed by atoms with van der Waals surface area (Å²) < 4.78 is 0. The van der Waals surface area contributed by atoms with Crippen LogP contribution in [0.25, 0.3) is 0 Å². The van der Waals surface area contributed by atoms with Gasteiger partial charge in [0.05, 0.1) is 13.7 Å². The van der Waals surface area contributed by atoms with Crippen LogP contribution in [0, 0.1) is 0 Å². The van der Waals surface area contributed by atoms with E-state index < -0.39 is 0 Å². The summed E-state index contributed by atoms with van der Waals surface area (Å²) >= 11 is 0. The van der Waals surface area contributed by atoms with Gasteiger partial charge in [-0.1, -0.05) is 13.3 Å². The predicted octanol–water partition coefficient (Wildman–Crippen LogP) is 1.36. The fourth-order valence-electron chi connectivity index (χ4n) is 0.287. The van der Waals surface area contributed by atoms with E-state index in [1.807, 2.05) is 0 Å². The van der Waals surface area contributed by atoms with Crippen LogP contribution in [-0.2, 0) is 9.78 Å². The monoisotopic (exact) mass is 104 g/mol. The number of hydrogen-bond donors (Lipinski definition) is 0. The number of rotatable bonds is 4. The molecule has 0 aliphatic carbocycles. The fraction of sp³-hybridized carbons (Fsp3) is 1.00. The molecule has 0 saturated carbocycles. The molecule has 7 heavy (non-hydrogen) atoms. The van der Waals surface area contributed by atoms with Crippen molar-refractivity contribution in [1.82, 2.24) is 0 Å². The van der Waals surface area contributed by atoms with E-state index in [-0.39, 0.29) is 0 Å². The van der Waals surface area contributed by atoms with E-state index in [1.165, 1.54) is 7.11 Å². The molecule has 0 spiro atoms. The zero-order valence-electron chi connectivity index (χ0n) is 4.94. The second kappa shape index (κ2) is 5.92. The second-order valence-electron chi connectivity index (χ2n) is 1.34. The molecule has 0 radical (unpaired) electrons. The van der Waals surface area contributed by atoms with Crippen LogP contribution in [-0.4, -0.2) is 13.7 Å². The van der Waals surface area contributed by atoms with Crippen LogP contribution >= 0.6 is 0 Å². The van der Waals surface area contributed by atoms with E-state index in [0.717, 1.165) is 12.8 Å². The first-order valence-corrected chi connectivity index (χ1v) is 2.57. The molecule has 44 valence electrons. The third-order valence-corrected chi connectivity index (χ3v) is 0.699. The molecule has 0 heterocycles. The quantitative estimate of drug-likeness (QED) is 0.304. The van der Waals surface area contributed by atoms with E-state index >= 15 is 0 Å². The Balaban J connectivity index is 2.45. The average Bonchev–Trinajstić information content (AvgIpc) is 1.69. The minimum absolute atomic E-state index is 0.715. The summed E-state index contributed by atoms with van der Waals surface area (Å²) in [7, 11) is 1.52. The first kappa shape index (κ1) is 6.92. The van der Waals surface area contributed by atoms with Crippen molar-refractivity contribution in [3.05, 3.63) is 0 Å². The number of hydrogen-bond acceptors (Lipinski definition) is 2. The van der Waals surface area contributed by atoms with Crippen molar-refractivity contribution < 1.29 is 9.78 Å². The molecule has 0 N–H and O–H groups in total. The maximum Gasteiger partial charge on any atom is 0.0822 e. The summed E-state index contributed by atoms with van der Waals surface area (Å²) in [5.74, 6) is 0. The SMILES string of the molecule is CCCCOOC. The topological polar surface area (TPSA) is 18.5 Å². The van der Waals surface area contributed by atoms with Crippen LogP contribution in [0.2, 0.25) is 0 Å². The average molecular weight is 104 g/mol. The zero-order chi connectivity index (χ0) is 5.54. The molecule has 2 nitrogen and oxygen atoms in total. The lowest BCUT2D eigenvalue weighted by atomic mass is 10.4. The van der Waals surface area contributed by atoms with E-state index in [4.69, 9.17) is 0 Å². The molecule has 0 bridgehead atoms. The predicted molar refractivity (Wildman–Crippen MR) is 27.9 cm³/mol. The second-order valence-corrected chi connectivity index (χ2v) is 1.34. The molecule has 0 aromatic carbocycles. The summed E-state index contributed by atoms with van der Waals surface area (Å²) in [5, 5.41) is 0. The molecule has 0 fully saturated rings. The summed E-state index contributed by atoms with van der Waals surface area (Å²) in [4.78, 5) is 8.92. The fourth-order valence-corrected chi connectivity index (χ4v) is 0.287. The van der Waals surface area contributed by atoms with Gasteiger partial charge in [0.2, 0.25) is 0 Å². The van der Waals surface area contributed by atoms with Gasteiger partial charge in [0.15, 0.2) is 0 Å². The lowest BCUT2D eigenvalue weighted by Gasteiger charge is -1.93. The van der Waals surface area contributed by atoms with E-state index in [9.17, 15) is 0 Å². The molecule has 0 aliphatic rings. The van der Waals surface area contributed by atoms with E-state index in [1.54, 1.807) is 0 Å². The highest BCUT2D eigenvalue weighted by Crippen LogP contribution is 1.85.